The first-order chi connectivity index (χ1) is 4.84. The van der Waals surface area contributed by atoms with Crippen molar-refractivity contribution < 1.29 is 0 Å². The molecular weight excluding hydrogens is 144 g/mol. The molecule has 1 rings (SSSR count). The normalized spacial score (nSPS) is 24.5. The van der Waals surface area contributed by atoms with Gasteiger partial charge in [0.25, 0.3) is 0 Å². The third-order valence-electron chi connectivity index (χ3n) is 1.41. The fourth-order valence-corrected chi connectivity index (χ4v) is 1.59. The highest BCUT2D eigenvalue weighted by Crippen LogP contribution is 2.19. The minimum Gasteiger partial charge on any atom is -0.401 e. The van der Waals surface area contributed by atoms with Crippen molar-refractivity contribution >= 4 is 11.9 Å². The highest BCUT2D eigenvalue weighted by Gasteiger charge is 2.11. The van der Waals surface area contributed by atoms with Crippen LogP contribution in [0.3, 0.4) is 0 Å². The first-order valence-corrected chi connectivity index (χ1v) is 4.17. The second-order valence-electron chi connectivity index (χ2n) is 2.14. The Morgan fingerprint density at radius 2 is 2.60 bits per heavy atom. The quantitative estimate of drug-likeness (QED) is 0.586. The van der Waals surface area contributed by atoms with E-state index in [4.69, 9.17) is 5.73 Å². The summed E-state index contributed by atoms with van der Waals surface area (Å²) in [5, 5.41) is 0.426. The lowest BCUT2D eigenvalue weighted by atomic mass is 10.1. The van der Waals surface area contributed by atoms with Gasteiger partial charge in [-0.15, -0.1) is 0 Å². The maximum Gasteiger partial charge on any atom is 0.0621 e. The van der Waals surface area contributed by atoms with E-state index in [1.165, 1.54) is 0 Å². The number of nitrogens with two attached hydrogens (primary N) is 1. The molecule has 0 aromatic rings. The average Bonchev–Trinajstić information content (AvgIpc) is 1.94. The Morgan fingerprint density at radius 1 is 1.80 bits per heavy atom. The number of hydrogen-bond acceptors (Lipinski definition) is 3. The van der Waals surface area contributed by atoms with Gasteiger partial charge in [0.2, 0.25) is 0 Å². The van der Waals surface area contributed by atoms with Crippen LogP contribution in [0.25, 0.3) is 0 Å². The molecule has 0 heterocycles. The van der Waals surface area contributed by atoms with Gasteiger partial charge in [0.05, 0.1) is 5.25 Å². The van der Waals surface area contributed by atoms with Crippen LogP contribution in [0.15, 0.2) is 23.9 Å². The van der Waals surface area contributed by atoms with Crippen molar-refractivity contribution in [2.75, 3.05) is 7.05 Å². The van der Waals surface area contributed by atoms with Crippen LogP contribution in [0.2, 0.25) is 0 Å². The van der Waals surface area contributed by atoms with Gasteiger partial charge in [-0.05, 0) is 19.5 Å². The molecule has 3 heteroatoms. The first-order valence-electron chi connectivity index (χ1n) is 3.29. The van der Waals surface area contributed by atoms with Crippen LogP contribution in [0.1, 0.15) is 6.42 Å². The van der Waals surface area contributed by atoms with Crippen molar-refractivity contribution in [3.63, 3.8) is 0 Å². The number of hydrogen-bond donors (Lipinski definition) is 2. The van der Waals surface area contributed by atoms with Crippen LogP contribution in [0.4, 0.5) is 0 Å². The van der Waals surface area contributed by atoms with Crippen molar-refractivity contribution in [1.82, 2.24) is 4.72 Å². The Bertz CT molecular complexity index is 163. The van der Waals surface area contributed by atoms with E-state index in [2.05, 4.69) is 10.8 Å². The highest BCUT2D eigenvalue weighted by atomic mass is 32.2. The molecule has 2 nitrogen and oxygen atoms in total. The van der Waals surface area contributed by atoms with Gasteiger partial charge >= 0.3 is 0 Å². The van der Waals surface area contributed by atoms with Crippen LogP contribution < -0.4 is 10.5 Å². The minimum atomic E-state index is 0.426. The summed E-state index contributed by atoms with van der Waals surface area (Å²) in [6.07, 6.45) is 7.12. The maximum absolute atomic E-state index is 5.71. The Labute approximate surface area is 65.7 Å². The largest absolute Gasteiger partial charge is 0.401 e. The molecule has 0 aliphatic heterocycles. The van der Waals surface area contributed by atoms with Gasteiger partial charge < -0.3 is 5.73 Å². The second-order valence-corrected chi connectivity index (χ2v) is 3.35. The second kappa shape index (κ2) is 3.68. The molecule has 1 aliphatic carbocycles. The molecule has 10 heavy (non-hydrogen) atoms. The average molecular weight is 156 g/mol. The van der Waals surface area contributed by atoms with Crippen LogP contribution in [-0.2, 0) is 0 Å². The van der Waals surface area contributed by atoms with Gasteiger partial charge in [0, 0.05) is 5.70 Å². The minimum absolute atomic E-state index is 0.426. The molecule has 0 spiro atoms. The lowest BCUT2D eigenvalue weighted by Gasteiger charge is -2.16. The molecule has 56 valence electrons. The van der Waals surface area contributed by atoms with E-state index in [0.717, 1.165) is 12.1 Å². The molecular formula is C7H12N2S. The van der Waals surface area contributed by atoms with Gasteiger partial charge in [-0.25, -0.2) is 0 Å². The van der Waals surface area contributed by atoms with Gasteiger partial charge in [-0.1, -0.05) is 24.1 Å². The van der Waals surface area contributed by atoms with E-state index in [1.807, 2.05) is 19.2 Å². The van der Waals surface area contributed by atoms with E-state index in [1.54, 1.807) is 11.9 Å². The zero-order valence-electron chi connectivity index (χ0n) is 6.00. The molecule has 1 atom stereocenters. The molecule has 1 unspecified atom stereocenters. The smallest absolute Gasteiger partial charge is 0.0621 e. The van der Waals surface area contributed by atoms with Crippen LogP contribution in [-0.4, -0.2) is 12.3 Å². The van der Waals surface area contributed by atoms with E-state index in [-0.39, 0.29) is 0 Å². The van der Waals surface area contributed by atoms with Crippen LogP contribution >= 0.6 is 11.9 Å². The van der Waals surface area contributed by atoms with Gasteiger partial charge in [0.15, 0.2) is 0 Å². The van der Waals surface area contributed by atoms with Gasteiger partial charge in [-0.3, -0.25) is 4.72 Å². The van der Waals surface area contributed by atoms with Crippen molar-refractivity contribution in [3.05, 3.63) is 23.9 Å². The summed E-state index contributed by atoms with van der Waals surface area (Å²) in [6.45, 7) is 0. The summed E-state index contributed by atoms with van der Waals surface area (Å²) in [6, 6.07) is 0. The number of nitrogens with one attached hydrogen (secondary N) is 1. The third-order valence-corrected chi connectivity index (χ3v) is 2.39. The van der Waals surface area contributed by atoms with E-state index in [9.17, 15) is 0 Å². The third kappa shape index (κ3) is 1.78. The molecule has 0 fully saturated rings. The SMILES string of the molecule is CNSC1CC=CC=C1N. The topological polar surface area (TPSA) is 38.0 Å². The number of rotatable bonds is 2. The zero-order valence-corrected chi connectivity index (χ0v) is 6.82. The summed E-state index contributed by atoms with van der Waals surface area (Å²) in [4.78, 5) is 0. The predicted molar refractivity (Wildman–Crippen MR) is 46.5 cm³/mol. The molecule has 0 bridgehead atoms. The molecule has 3 N–H and O–H groups in total. The van der Waals surface area contributed by atoms with Crippen LogP contribution in [0, 0.1) is 0 Å². The summed E-state index contributed by atoms with van der Waals surface area (Å²) in [7, 11) is 1.91. The molecule has 0 saturated carbocycles. The van der Waals surface area contributed by atoms with E-state index >= 15 is 0 Å². The van der Waals surface area contributed by atoms with E-state index in [0.29, 0.717) is 5.25 Å². The predicted octanol–water partition coefficient (Wildman–Crippen LogP) is 1.03. The van der Waals surface area contributed by atoms with Crippen molar-refractivity contribution in [1.29, 1.82) is 0 Å². The van der Waals surface area contributed by atoms with Crippen molar-refractivity contribution in [2.24, 2.45) is 5.73 Å². The number of allylic oxidation sites excluding steroid dienone is 3. The molecule has 0 aromatic carbocycles. The van der Waals surface area contributed by atoms with Crippen LogP contribution in [0.5, 0.6) is 0 Å². The molecule has 0 radical (unpaired) electrons. The Kier molecular flexibility index (Phi) is 2.83. The Hall–Kier alpha value is -0.410. The standard InChI is InChI=1S/C7H12N2S/c1-9-10-7-5-3-2-4-6(7)8/h2-4,7,9H,5,8H2,1H3. The first kappa shape index (κ1) is 7.69. The molecule has 0 aromatic heterocycles. The fraction of sp³-hybridized carbons (Fsp3) is 0.429. The van der Waals surface area contributed by atoms with Crippen molar-refractivity contribution in [3.8, 4) is 0 Å². The van der Waals surface area contributed by atoms with Gasteiger partial charge in [0.1, 0.15) is 0 Å². The zero-order chi connectivity index (χ0) is 7.40. The lowest BCUT2D eigenvalue weighted by molar-refractivity contribution is 0.956. The summed E-state index contributed by atoms with van der Waals surface area (Å²) in [5.41, 5.74) is 6.67. The van der Waals surface area contributed by atoms with E-state index < -0.39 is 0 Å². The summed E-state index contributed by atoms with van der Waals surface area (Å²) in [5.74, 6) is 0. The van der Waals surface area contributed by atoms with Crippen molar-refractivity contribution in [2.45, 2.75) is 11.7 Å². The maximum atomic E-state index is 5.71. The molecule has 0 amide bonds. The lowest BCUT2D eigenvalue weighted by Crippen LogP contribution is -2.18. The fourth-order valence-electron chi connectivity index (χ4n) is 0.883. The monoisotopic (exact) mass is 156 g/mol. The molecule has 1 aliphatic rings. The Balaban J connectivity index is 2.47. The molecule has 0 saturated heterocycles. The highest BCUT2D eigenvalue weighted by molar-refractivity contribution is 7.98. The summed E-state index contributed by atoms with van der Waals surface area (Å²) >= 11 is 1.67. The Morgan fingerprint density at radius 3 is 3.20 bits per heavy atom. The van der Waals surface area contributed by atoms with Gasteiger partial charge in [-0.2, -0.15) is 0 Å². The summed E-state index contributed by atoms with van der Waals surface area (Å²) < 4.78 is 3.03.